The molecule has 3 heteroatoms. The summed E-state index contributed by atoms with van der Waals surface area (Å²) in [5, 5.41) is 5.77. The number of nitrogens with one attached hydrogen (secondary N) is 2. The van der Waals surface area contributed by atoms with E-state index in [2.05, 4.69) is 54.1 Å². The van der Waals surface area contributed by atoms with E-state index >= 15 is 0 Å². The summed E-state index contributed by atoms with van der Waals surface area (Å²) in [4.78, 5) is 3.41. The van der Waals surface area contributed by atoms with E-state index in [9.17, 15) is 0 Å². The average molecular weight is 246 g/mol. The first-order chi connectivity index (χ1) is 8.29. The molecule has 1 heterocycles. The zero-order valence-corrected chi connectivity index (χ0v) is 10.9. The first-order valence-corrected chi connectivity index (χ1v) is 6.86. The Balaban J connectivity index is 1.92. The van der Waals surface area contributed by atoms with E-state index in [4.69, 9.17) is 0 Å². The van der Waals surface area contributed by atoms with Gasteiger partial charge in [0.2, 0.25) is 0 Å². The number of fused-ring (bicyclic) bond motifs is 1. The summed E-state index contributed by atoms with van der Waals surface area (Å²) in [5.41, 5.74) is 2.43. The lowest BCUT2D eigenvalue weighted by atomic mass is 10.3. The van der Waals surface area contributed by atoms with E-state index in [-0.39, 0.29) is 0 Å². The molecule has 0 radical (unpaired) electrons. The Bertz CT molecular complexity index is 469. The van der Waals surface area contributed by atoms with Gasteiger partial charge in [0, 0.05) is 23.2 Å². The van der Waals surface area contributed by atoms with Crippen LogP contribution in [-0.2, 0) is 0 Å². The molecule has 2 nitrogen and oxygen atoms in total. The highest BCUT2D eigenvalue weighted by molar-refractivity contribution is 7.99. The number of rotatable bonds is 6. The number of H-pyrrole nitrogens is 1. The summed E-state index contributed by atoms with van der Waals surface area (Å²) in [7, 11) is 0. The third kappa shape index (κ3) is 3.38. The molecule has 1 aromatic carbocycles. The van der Waals surface area contributed by atoms with Gasteiger partial charge in [0.05, 0.1) is 5.03 Å². The van der Waals surface area contributed by atoms with Gasteiger partial charge in [-0.3, -0.25) is 0 Å². The van der Waals surface area contributed by atoms with Crippen molar-refractivity contribution in [2.24, 2.45) is 0 Å². The second kappa shape index (κ2) is 5.94. The fourth-order valence-corrected chi connectivity index (χ4v) is 2.51. The van der Waals surface area contributed by atoms with E-state index in [1.54, 1.807) is 0 Å². The maximum absolute atomic E-state index is 4.06. The molecule has 0 amide bonds. The summed E-state index contributed by atoms with van der Waals surface area (Å²) in [5.74, 6) is 0.958. The molecule has 0 spiro atoms. The smallest absolute Gasteiger partial charge is 0.0735 e. The van der Waals surface area contributed by atoms with Gasteiger partial charge >= 0.3 is 0 Å². The van der Waals surface area contributed by atoms with E-state index in [1.807, 2.05) is 11.8 Å². The molecule has 0 unspecified atom stereocenters. The Kier molecular flexibility index (Phi) is 4.29. The SMILES string of the molecule is C=C(CNCC)CSc1cc2ccccc2[nH]1. The molecule has 0 aliphatic heterocycles. The first kappa shape index (κ1) is 12.3. The molecular formula is C14H18N2S. The Morgan fingerprint density at radius 3 is 3.00 bits per heavy atom. The number of likely N-dealkylation sites (N-methyl/N-ethyl adjacent to an activating group) is 1. The first-order valence-electron chi connectivity index (χ1n) is 5.87. The van der Waals surface area contributed by atoms with Crippen LogP contribution in [-0.4, -0.2) is 23.8 Å². The third-order valence-corrected chi connectivity index (χ3v) is 3.65. The highest BCUT2D eigenvalue weighted by atomic mass is 32.2. The number of para-hydroxylation sites is 1. The Morgan fingerprint density at radius 1 is 1.41 bits per heavy atom. The van der Waals surface area contributed by atoms with Gasteiger partial charge in [-0.1, -0.05) is 37.3 Å². The molecule has 0 bridgehead atoms. The van der Waals surface area contributed by atoms with Gasteiger partial charge in [0.15, 0.2) is 0 Å². The highest BCUT2D eigenvalue weighted by Crippen LogP contribution is 2.24. The number of thioether (sulfide) groups is 1. The van der Waals surface area contributed by atoms with Crippen LogP contribution in [0.4, 0.5) is 0 Å². The van der Waals surface area contributed by atoms with Crippen molar-refractivity contribution in [1.82, 2.24) is 10.3 Å². The van der Waals surface area contributed by atoms with Crippen molar-refractivity contribution in [3.8, 4) is 0 Å². The number of aromatic nitrogens is 1. The number of aromatic amines is 1. The maximum Gasteiger partial charge on any atom is 0.0735 e. The molecule has 0 fully saturated rings. The molecule has 0 atom stereocenters. The highest BCUT2D eigenvalue weighted by Gasteiger charge is 2.01. The van der Waals surface area contributed by atoms with E-state index < -0.39 is 0 Å². The third-order valence-electron chi connectivity index (χ3n) is 2.56. The summed E-state index contributed by atoms with van der Waals surface area (Å²) in [6, 6.07) is 10.5. The van der Waals surface area contributed by atoms with Crippen molar-refractivity contribution < 1.29 is 0 Å². The molecule has 2 aromatic rings. The summed E-state index contributed by atoms with van der Waals surface area (Å²) < 4.78 is 0. The minimum absolute atomic E-state index is 0.906. The second-order valence-corrected chi connectivity index (χ2v) is 5.06. The quantitative estimate of drug-likeness (QED) is 0.604. The largest absolute Gasteiger partial charge is 0.350 e. The average Bonchev–Trinajstić information content (AvgIpc) is 2.76. The standard InChI is InChI=1S/C14H18N2S/c1-3-15-9-11(2)10-17-14-8-12-6-4-5-7-13(12)16-14/h4-8,15-16H,2-3,9-10H2,1H3. The minimum Gasteiger partial charge on any atom is -0.350 e. The zero-order valence-electron chi connectivity index (χ0n) is 10.1. The Labute approximate surface area is 106 Å². The summed E-state index contributed by atoms with van der Waals surface area (Å²) in [6.45, 7) is 8.08. The molecular weight excluding hydrogens is 228 g/mol. The summed E-state index contributed by atoms with van der Waals surface area (Å²) in [6.07, 6.45) is 0. The lowest BCUT2D eigenvalue weighted by Crippen LogP contribution is -2.16. The fraction of sp³-hybridized carbons (Fsp3) is 0.286. The monoisotopic (exact) mass is 246 g/mol. The van der Waals surface area contributed by atoms with Crippen LogP contribution in [0, 0.1) is 0 Å². The van der Waals surface area contributed by atoms with Crippen LogP contribution in [0.2, 0.25) is 0 Å². The van der Waals surface area contributed by atoms with Gasteiger partial charge in [-0.15, -0.1) is 11.8 Å². The second-order valence-electron chi connectivity index (χ2n) is 4.04. The fourth-order valence-electron chi connectivity index (χ4n) is 1.66. The number of hydrogen-bond donors (Lipinski definition) is 2. The van der Waals surface area contributed by atoms with Gasteiger partial charge in [0.25, 0.3) is 0 Å². The van der Waals surface area contributed by atoms with Crippen molar-refractivity contribution in [3.05, 3.63) is 42.5 Å². The molecule has 2 N–H and O–H groups in total. The molecule has 90 valence electrons. The lowest BCUT2D eigenvalue weighted by molar-refractivity contribution is 0.779. The maximum atomic E-state index is 4.06. The van der Waals surface area contributed by atoms with Crippen LogP contribution in [0.1, 0.15) is 6.92 Å². The predicted octanol–water partition coefficient (Wildman–Crippen LogP) is 3.43. The van der Waals surface area contributed by atoms with Gasteiger partial charge < -0.3 is 10.3 Å². The topological polar surface area (TPSA) is 27.8 Å². The van der Waals surface area contributed by atoms with E-state index in [1.165, 1.54) is 21.5 Å². The van der Waals surface area contributed by atoms with Gasteiger partial charge in [-0.25, -0.2) is 0 Å². The van der Waals surface area contributed by atoms with Crippen molar-refractivity contribution >= 4 is 22.7 Å². The Hall–Kier alpha value is -1.19. The molecule has 0 saturated carbocycles. The zero-order chi connectivity index (χ0) is 12.1. The number of benzene rings is 1. The van der Waals surface area contributed by atoms with Gasteiger partial charge in [-0.05, 0) is 18.7 Å². The predicted molar refractivity (Wildman–Crippen MR) is 76.7 cm³/mol. The van der Waals surface area contributed by atoms with Crippen LogP contribution in [0.3, 0.4) is 0 Å². The lowest BCUT2D eigenvalue weighted by Gasteiger charge is -2.04. The molecule has 0 aliphatic rings. The molecule has 2 rings (SSSR count). The van der Waals surface area contributed by atoms with E-state index in [0.29, 0.717) is 0 Å². The van der Waals surface area contributed by atoms with Crippen molar-refractivity contribution in [2.75, 3.05) is 18.8 Å². The van der Waals surface area contributed by atoms with Crippen LogP contribution >= 0.6 is 11.8 Å². The molecule has 17 heavy (non-hydrogen) atoms. The van der Waals surface area contributed by atoms with Crippen molar-refractivity contribution in [1.29, 1.82) is 0 Å². The molecule has 0 saturated heterocycles. The van der Waals surface area contributed by atoms with Gasteiger partial charge in [-0.2, -0.15) is 0 Å². The van der Waals surface area contributed by atoms with E-state index in [0.717, 1.165) is 18.8 Å². The van der Waals surface area contributed by atoms with Crippen LogP contribution in [0.25, 0.3) is 10.9 Å². The summed E-state index contributed by atoms with van der Waals surface area (Å²) >= 11 is 1.81. The van der Waals surface area contributed by atoms with Crippen LogP contribution < -0.4 is 5.32 Å². The van der Waals surface area contributed by atoms with Crippen molar-refractivity contribution in [2.45, 2.75) is 11.9 Å². The van der Waals surface area contributed by atoms with Crippen LogP contribution in [0.5, 0.6) is 0 Å². The van der Waals surface area contributed by atoms with Gasteiger partial charge in [0.1, 0.15) is 0 Å². The molecule has 0 aliphatic carbocycles. The van der Waals surface area contributed by atoms with Crippen molar-refractivity contribution in [3.63, 3.8) is 0 Å². The van der Waals surface area contributed by atoms with Crippen LogP contribution in [0.15, 0.2) is 47.5 Å². The minimum atomic E-state index is 0.906. The normalized spacial score (nSPS) is 10.9. The Morgan fingerprint density at radius 2 is 2.24 bits per heavy atom. The molecule has 1 aromatic heterocycles. The number of hydrogen-bond acceptors (Lipinski definition) is 2.